The van der Waals surface area contributed by atoms with Crippen LogP contribution in [0.3, 0.4) is 0 Å². The SMILES string of the molecule is Cc1ccc([C@@H](NCC(=O)N2CCN(c3ncccn3)CC2)c2cccs2)cc1. The van der Waals surface area contributed by atoms with E-state index in [1.165, 1.54) is 16.0 Å². The predicted molar refractivity (Wildman–Crippen MR) is 116 cm³/mol. The summed E-state index contributed by atoms with van der Waals surface area (Å²) in [5.41, 5.74) is 2.41. The van der Waals surface area contributed by atoms with Crippen LogP contribution in [0.15, 0.2) is 60.2 Å². The molecule has 29 heavy (non-hydrogen) atoms. The van der Waals surface area contributed by atoms with Gasteiger partial charge in [0.15, 0.2) is 0 Å². The van der Waals surface area contributed by atoms with Gasteiger partial charge in [-0.25, -0.2) is 9.97 Å². The third kappa shape index (κ3) is 4.81. The number of rotatable bonds is 6. The Bertz CT molecular complexity index is 906. The number of amides is 1. The lowest BCUT2D eigenvalue weighted by Gasteiger charge is -2.35. The van der Waals surface area contributed by atoms with Crippen molar-refractivity contribution in [3.63, 3.8) is 0 Å². The summed E-state index contributed by atoms with van der Waals surface area (Å²) < 4.78 is 0. The topological polar surface area (TPSA) is 61.4 Å². The molecule has 1 fully saturated rings. The van der Waals surface area contributed by atoms with E-state index in [-0.39, 0.29) is 11.9 Å². The number of hydrogen-bond acceptors (Lipinski definition) is 6. The van der Waals surface area contributed by atoms with Gasteiger partial charge in [0.05, 0.1) is 12.6 Å². The van der Waals surface area contributed by atoms with Gasteiger partial charge in [-0.2, -0.15) is 0 Å². The Morgan fingerprint density at radius 3 is 2.45 bits per heavy atom. The highest BCUT2D eigenvalue weighted by Gasteiger charge is 2.23. The van der Waals surface area contributed by atoms with E-state index in [1.54, 1.807) is 23.7 Å². The monoisotopic (exact) mass is 407 g/mol. The van der Waals surface area contributed by atoms with Crippen LogP contribution in [0.2, 0.25) is 0 Å². The Morgan fingerprint density at radius 2 is 1.79 bits per heavy atom. The molecule has 0 radical (unpaired) electrons. The Balaban J connectivity index is 1.36. The van der Waals surface area contributed by atoms with Crippen LogP contribution < -0.4 is 10.2 Å². The summed E-state index contributed by atoms with van der Waals surface area (Å²) in [5.74, 6) is 0.863. The normalized spacial score (nSPS) is 15.3. The first-order valence-electron chi connectivity index (χ1n) is 9.84. The number of thiophene rings is 1. The number of benzene rings is 1. The predicted octanol–water partition coefficient (Wildman–Crippen LogP) is 2.87. The highest BCUT2D eigenvalue weighted by atomic mass is 32.1. The molecule has 1 atom stereocenters. The van der Waals surface area contributed by atoms with Gasteiger partial charge in [0.25, 0.3) is 0 Å². The van der Waals surface area contributed by atoms with Crippen molar-refractivity contribution in [3.8, 4) is 0 Å². The fourth-order valence-corrected chi connectivity index (χ4v) is 4.34. The van der Waals surface area contributed by atoms with E-state index in [2.05, 4.69) is 68.9 Å². The Morgan fingerprint density at radius 1 is 1.07 bits per heavy atom. The van der Waals surface area contributed by atoms with Gasteiger partial charge in [-0.1, -0.05) is 35.9 Å². The van der Waals surface area contributed by atoms with Crippen LogP contribution in [0, 0.1) is 6.92 Å². The molecule has 0 spiro atoms. The lowest BCUT2D eigenvalue weighted by atomic mass is 10.0. The number of anilines is 1. The van der Waals surface area contributed by atoms with Crippen LogP contribution in [0.1, 0.15) is 22.0 Å². The van der Waals surface area contributed by atoms with E-state index in [0.29, 0.717) is 19.6 Å². The van der Waals surface area contributed by atoms with Gasteiger partial charge in [0.1, 0.15) is 0 Å². The van der Waals surface area contributed by atoms with Crippen LogP contribution in [-0.2, 0) is 4.79 Å². The van der Waals surface area contributed by atoms with Gasteiger partial charge >= 0.3 is 0 Å². The summed E-state index contributed by atoms with van der Waals surface area (Å²) in [7, 11) is 0. The average Bonchev–Trinajstić information content (AvgIpc) is 3.30. The summed E-state index contributed by atoms with van der Waals surface area (Å²) in [6.07, 6.45) is 3.50. The molecule has 0 bridgehead atoms. The maximum Gasteiger partial charge on any atom is 0.236 e. The van der Waals surface area contributed by atoms with Crippen LogP contribution >= 0.6 is 11.3 Å². The first-order chi connectivity index (χ1) is 14.2. The standard InChI is InChI=1S/C22H25N5OS/c1-17-5-7-18(8-6-17)21(19-4-2-15-29-19)25-16-20(28)26-11-13-27(14-12-26)22-23-9-3-10-24-22/h2-10,15,21,25H,11-14,16H2,1H3/t21-/m1/s1. The van der Waals surface area contributed by atoms with Gasteiger partial charge in [0, 0.05) is 43.4 Å². The lowest BCUT2D eigenvalue weighted by molar-refractivity contribution is -0.130. The second-order valence-electron chi connectivity index (χ2n) is 7.16. The smallest absolute Gasteiger partial charge is 0.236 e. The van der Waals surface area contributed by atoms with Gasteiger partial charge < -0.3 is 9.80 Å². The van der Waals surface area contributed by atoms with E-state index in [4.69, 9.17) is 0 Å². The molecule has 0 aliphatic carbocycles. The molecule has 1 aliphatic rings. The van der Waals surface area contributed by atoms with Gasteiger partial charge in [-0.15, -0.1) is 11.3 Å². The number of nitrogens with zero attached hydrogens (tertiary/aromatic N) is 4. The Hall–Kier alpha value is -2.77. The van der Waals surface area contributed by atoms with Crippen LogP contribution in [0.25, 0.3) is 0 Å². The second kappa shape index (κ2) is 9.15. The van der Waals surface area contributed by atoms with Crippen molar-refractivity contribution in [3.05, 3.63) is 76.2 Å². The Kier molecular flexibility index (Phi) is 6.17. The summed E-state index contributed by atoms with van der Waals surface area (Å²) in [5, 5.41) is 5.55. The summed E-state index contributed by atoms with van der Waals surface area (Å²) in [6.45, 7) is 5.28. The van der Waals surface area contributed by atoms with Gasteiger partial charge in [-0.3, -0.25) is 10.1 Å². The molecule has 3 heterocycles. The molecule has 1 aliphatic heterocycles. The molecule has 1 aromatic carbocycles. The zero-order valence-electron chi connectivity index (χ0n) is 16.5. The van der Waals surface area contributed by atoms with Crippen LogP contribution in [0.5, 0.6) is 0 Å². The first-order valence-corrected chi connectivity index (χ1v) is 10.7. The van der Waals surface area contributed by atoms with Crippen molar-refractivity contribution < 1.29 is 4.79 Å². The summed E-state index contributed by atoms with van der Waals surface area (Å²) in [6, 6.07) is 14.5. The van der Waals surface area contributed by atoms with Crippen molar-refractivity contribution in [2.75, 3.05) is 37.6 Å². The van der Waals surface area contributed by atoms with Crippen LogP contribution in [0.4, 0.5) is 5.95 Å². The van der Waals surface area contributed by atoms with Crippen LogP contribution in [-0.4, -0.2) is 53.5 Å². The Labute approximate surface area is 175 Å². The molecular weight excluding hydrogens is 382 g/mol. The molecule has 6 nitrogen and oxygen atoms in total. The van der Waals surface area contributed by atoms with Crippen molar-refractivity contribution in [2.24, 2.45) is 0 Å². The summed E-state index contributed by atoms with van der Waals surface area (Å²) >= 11 is 1.71. The largest absolute Gasteiger partial charge is 0.338 e. The molecule has 1 N–H and O–H groups in total. The third-order valence-corrected chi connectivity index (χ3v) is 6.10. The van der Waals surface area contributed by atoms with E-state index >= 15 is 0 Å². The zero-order valence-corrected chi connectivity index (χ0v) is 17.3. The minimum absolute atomic E-state index is 0.0264. The molecular formula is C22H25N5OS. The molecule has 7 heteroatoms. The quantitative estimate of drug-likeness (QED) is 0.681. The number of carbonyl (C=O) groups excluding carboxylic acids is 1. The third-order valence-electron chi connectivity index (χ3n) is 5.16. The van der Waals surface area contributed by atoms with Crippen molar-refractivity contribution in [1.82, 2.24) is 20.2 Å². The molecule has 1 saturated heterocycles. The number of nitrogens with one attached hydrogen (secondary N) is 1. The van der Waals surface area contributed by atoms with Crippen molar-refractivity contribution in [2.45, 2.75) is 13.0 Å². The highest BCUT2D eigenvalue weighted by molar-refractivity contribution is 7.10. The van der Waals surface area contributed by atoms with Crippen molar-refractivity contribution >= 4 is 23.2 Å². The number of aromatic nitrogens is 2. The fraction of sp³-hybridized carbons (Fsp3) is 0.318. The lowest BCUT2D eigenvalue weighted by Crippen LogP contribution is -2.51. The van der Waals surface area contributed by atoms with E-state index in [9.17, 15) is 4.79 Å². The average molecular weight is 408 g/mol. The molecule has 150 valence electrons. The number of hydrogen-bond donors (Lipinski definition) is 1. The highest BCUT2D eigenvalue weighted by Crippen LogP contribution is 2.26. The summed E-state index contributed by atoms with van der Waals surface area (Å²) in [4.78, 5) is 26.7. The number of carbonyl (C=O) groups is 1. The number of aryl methyl sites for hydroxylation is 1. The van der Waals surface area contributed by atoms with E-state index < -0.39 is 0 Å². The molecule has 4 rings (SSSR count). The second-order valence-corrected chi connectivity index (χ2v) is 8.14. The van der Waals surface area contributed by atoms with Gasteiger partial charge in [0.2, 0.25) is 11.9 Å². The molecule has 2 aromatic heterocycles. The van der Waals surface area contributed by atoms with Gasteiger partial charge in [-0.05, 0) is 30.0 Å². The first kappa shape index (κ1) is 19.5. The molecule has 0 unspecified atom stereocenters. The zero-order chi connectivity index (χ0) is 20.1. The minimum atomic E-state index is 0.0264. The minimum Gasteiger partial charge on any atom is -0.338 e. The maximum absolute atomic E-state index is 12.8. The number of piperazine rings is 1. The fourth-order valence-electron chi connectivity index (χ4n) is 3.51. The maximum atomic E-state index is 12.8. The van der Waals surface area contributed by atoms with Crippen molar-refractivity contribution in [1.29, 1.82) is 0 Å². The van der Waals surface area contributed by atoms with E-state index in [1.807, 2.05) is 11.0 Å². The molecule has 0 saturated carbocycles. The van der Waals surface area contributed by atoms with E-state index in [0.717, 1.165) is 19.0 Å². The molecule has 3 aromatic rings. The molecule has 1 amide bonds.